The van der Waals surface area contributed by atoms with Gasteiger partial charge < -0.3 is 10.0 Å². The molecule has 1 aliphatic rings. The first-order valence-corrected chi connectivity index (χ1v) is 5.97. The smallest absolute Gasteiger partial charge is 0.407 e. The number of nitrogens with zero attached hydrogens (tertiary/aromatic N) is 1. The van der Waals surface area contributed by atoms with Crippen LogP contribution in [-0.2, 0) is 0 Å². The molecule has 0 aliphatic carbocycles. The van der Waals surface area contributed by atoms with Gasteiger partial charge in [0.2, 0.25) is 0 Å². The van der Waals surface area contributed by atoms with E-state index < -0.39 is 6.09 Å². The molecule has 0 aromatic heterocycles. The zero-order valence-electron chi connectivity index (χ0n) is 9.75. The number of hydrogen-bond donors (Lipinski definition) is 1. The summed E-state index contributed by atoms with van der Waals surface area (Å²) < 4.78 is 0. The molecule has 0 atom stereocenters. The van der Waals surface area contributed by atoms with Gasteiger partial charge in [-0.15, -0.1) is 0 Å². The monoisotopic (exact) mass is 231 g/mol. The van der Waals surface area contributed by atoms with E-state index >= 15 is 0 Å². The van der Waals surface area contributed by atoms with E-state index in [0.717, 1.165) is 12.8 Å². The maximum absolute atomic E-state index is 10.7. The van der Waals surface area contributed by atoms with E-state index in [4.69, 9.17) is 5.11 Å². The Morgan fingerprint density at radius 2 is 1.88 bits per heavy atom. The van der Waals surface area contributed by atoms with Crippen molar-refractivity contribution < 1.29 is 9.90 Å². The van der Waals surface area contributed by atoms with Crippen LogP contribution in [0.2, 0.25) is 0 Å². The number of piperidine rings is 1. The third-order valence-electron chi connectivity index (χ3n) is 3.17. The molecule has 2 rings (SSSR count). The summed E-state index contributed by atoms with van der Waals surface area (Å²) in [7, 11) is 0. The Bertz CT molecular complexity index is 392. The summed E-state index contributed by atoms with van der Waals surface area (Å²) in [5, 5.41) is 8.84. The van der Waals surface area contributed by atoms with E-state index in [2.05, 4.69) is 24.3 Å². The molecule has 1 aromatic rings. The van der Waals surface area contributed by atoms with Crippen molar-refractivity contribution in [1.82, 2.24) is 4.90 Å². The molecule has 17 heavy (non-hydrogen) atoms. The predicted molar refractivity (Wildman–Crippen MR) is 67.8 cm³/mol. The van der Waals surface area contributed by atoms with Gasteiger partial charge in [-0.3, -0.25) is 0 Å². The van der Waals surface area contributed by atoms with Crippen molar-refractivity contribution in [2.45, 2.75) is 12.8 Å². The third-order valence-corrected chi connectivity index (χ3v) is 3.17. The van der Waals surface area contributed by atoms with Gasteiger partial charge in [0, 0.05) is 13.1 Å². The molecule has 0 saturated carbocycles. The molecule has 3 nitrogen and oxygen atoms in total. The zero-order valence-corrected chi connectivity index (χ0v) is 9.75. The lowest BCUT2D eigenvalue weighted by Crippen LogP contribution is -2.36. The quantitative estimate of drug-likeness (QED) is 0.849. The molecule has 1 aliphatic heterocycles. The molecule has 90 valence electrons. The molecule has 3 heteroatoms. The minimum absolute atomic E-state index is 0.505. The molecule has 0 unspecified atom stereocenters. The highest BCUT2D eigenvalue weighted by molar-refractivity contribution is 5.65. The van der Waals surface area contributed by atoms with Crippen molar-refractivity contribution in [2.75, 3.05) is 13.1 Å². The molecule has 1 saturated heterocycles. The number of carbonyl (C=O) groups is 1. The summed E-state index contributed by atoms with van der Waals surface area (Å²) in [6.45, 7) is 1.30. The van der Waals surface area contributed by atoms with E-state index in [0.29, 0.717) is 19.0 Å². The second kappa shape index (κ2) is 5.53. The fraction of sp³-hybridized carbons (Fsp3) is 0.357. The van der Waals surface area contributed by atoms with Crippen LogP contribution in [0.5, 0.6) is 0 Å². The lowest BCUT2D eigenvalue weighted by Gasteiger charge is -2.28. The lowest BCUT2D eigenvalue weighted by molar-refractivity contribution is 0.129. The average molecular weight is 231 g/mol. The van der Waals surface area contributed by atoms with Crippen molar-refractivity contribution in [2.24, 2.45) is 5.92 Å². The fourth-order valence-corrected chi connectivity index (χ4v) is 2.09. The maximum atomic E-state index is 10.7. The largest absolute Gasteiger partial charge is 0.465 e. The fourth-order valence-electron chi connectivity index (χ4n) is 2.09. The number of rotatable bonds is 2. The first-order chi connectivity index (χ1) is 8.25. The van der Waals surface area contributed by atoms with E-state index in [9.17, 15) is 4.79 Å². The Morgan fingerprint density at radius 3 is 2.47 bits per heavy atom. The number of allylic oxidation sites excluding steroid dienone is 1. The average Bonchev–Trinajstić information content (AvgIpc) is 2.38. The highest BCUT2D eigenvalue weighted by Gasteiger charge is 2.20. The van der Waals surface area contributed by atoms with E-state index in [1.165, 1.54) is 10.5 Å². The van der Waals surface area contributed by atoms with E-state index in [1.807, 2.05) is 18.2 Å². The molecule has 0 spiro atoms. The highest BCUT2D eigenvalue weighted by atomic mass is 16.4. The van der Waals surface area contributed by atoms with Crippen LogP contribution in [-0.4, -0.2) is 29.2 Å². The number of hydrogen-bond acceptors (Lipinski definition) is 1. The summed E-state index contributed by atoms with van der Waals surface area (Å²) in [5.74, 6) is 0.505. The van der Waals surface area contributed by atoms with Gasteiger partial charge in [0.1, 0.15) is 0 Å². The molecule has 0 radical (unpaired) electrons. The van der Waals surface area contributed by atoms with Gasteiger partial charge in [-0.25, -0.2) is 4.79 Å². The van der Waals surface area contributed by atoms with Gasteiger partial charge in [-0.2, -0.15) is 0 Å². The van der Waals surface area contributed by atoms with Gasteiger partial charge in [0.25, 0.3) is 0 Å². The van der Waals surface area contributed by atoms with Crippen LogP contribution in [0, 0.1) is 5.92 Å². The molecule has 1 N–H and O–H groups in total. The van der Waals surface area contributed by atoms with Crippen molar-refractivity contribution in [3.63, 3.8) is 0 Å². The normalized spacial score (nSPS) is 17.5. The standard InChI is InChI=1S/C14H17NO2/c16-14(17)15-10-8-13(9-11-15)7-6-12-4-2-1-3-5-12/h1-7,13H,8-11H2,(H,16,17)/b7-6+. The van der Waals surface area contributed by atoms with Crippen molar-refractivity contribution in [3.05, 3.63) is 42.0 Å². The van der Waals surface area contributed by atoms with Crippen LogP contribution in [0.25, 0.3) is 6.08 Å². The van der Waals surface area contributed by atoms with Crippen molar-refractivity contribution >= 4 is 12.2 Å². The van der Waals surface area contributed by atoms with Crippen LogP contribution in [0.1, 0.15) is 18.4 Å². The molecule has 0 bridgehead atoms. The zero-order chi connectivity index (χ0) is 12.1. The summed E-state index contributed by atoms with van der Waals surface area (Å²) in [4.78, 5) is 12.2. The first kappa shape index (κ1) is 11.7. The molecular weight excluding hydrogens is 214 g/mol. The summed E-state index contributed by atoms with van der Waals surface area (Å²) in [5.41, 5.74) is 1.20. The van der Waals surface area contributed by atoms with Crippen molar-refractivity contribution in [1.29, 1.82) is 0 Å². The molecule has 1 amide bonds. The van der Waals surface area contributed by atoms with Gasteiger partial charge in [-0.1, -0.05) is 42.5 Å². The summed E-state index contributed by atoms with van der Waals surface area (Å²) >= 11 is 0. The highest BCUT2D eigenvalue weighted by Crippen LogP contribution is 2.19. The Labute approximate surface area is 101 Å². The van der Waals surface area contributed by atoms with Gasteiger partial charge >= 0.3 is 6.09 Å². The Kier molecular flexibility index (Phi) is 3.81. The summed E-state index contributed by atoms with van der Waals surface area (Å²) in [6, 6.07) is 10.2. The van der Waals surface area contributed by atoms with Crippen LogP contribution >= 0.6 is 0 Å². The SMILES string of the molecule is O=C(O)N1CCC(/C=C/c2ccccc2)CC1. The lowest BCUT2D eigenvalue weighted by atomic mass is 9.96. The van der Waals surface area contributed by atoms with Crippen LogP contribution in [0.15, 0.2) is 36.4 Å². The second-order valence-electron chi connectivity index (χ2n) is 4.38. The molecule has 1 aromatic carbocycles. The van der Waals surface area contributed by atoms with E-state index in [1.54, 1.807) is 0 Å². The molecule has 1 fully saturated rings. The first-order valence-electron chi connectivity index (χ1n) is 5.97. The summed E-state index contributed by atoms with van der Waals surface area (Å²) in [6.07, 6.45) is 5.39. The minimum Gasteiger partial charge on any atom is -0.465 e. The molecular formula is C14H17NO2. The van der Waals surface area contributed by atoms with Gasteiger partial charge in [-0.05, 0) is 24.3 Å². The Balaban J connectivity index is 1.86. The van der Waals surface area contributed by atoms with Gasteiger partial charge in [0.05, 0.1) is 0 Å². The third kappa shape index (κ3) is 3.34. The Hall–Kier alpha value is -1.77. The van der Waals surface area contributed by atoms with Crippen LogP contribution in [0.4, 0.5) is 4.79 Å². The van der Waals surface area contributed by atoms with Crippen molar-refractivity contribution in [3.8, 4) is 0 Å². The predicted octanol–water partition coefficient (Wildman–Crippen LogP) is 3.09. The number of amides is 1. The Morgan fingerprint density at radius 1 is 1.24 bits per heavy atom. The van der Waals surface area contributed by atoms with Crippen LogP contribution < -0.4 is 0 Å². The van der Waals surface area contributed by atoms with Gasteiger partial charge in [0.15, 0.2) is 0 Å². The van der Waals surface area contributed by atoms with Crippen LogP contribution in [0.3, 0.4) is 0 Å². The maximum Gasteiger partial charge on any atom is 0.407 e. The van der Waals surface area contributed by atoms with E-state index in [-0.39, 0.29) is 0 Å². The number of carboxylic acid groups (broad SMARTS) is 1. The molecule has 1 heterocycles. The number of likely N-dealkylation sites (tertiary alicyclic amines) is 1. The minimum atomic E-state index is -0.796. The number of benzene rings is 1. The topological polar surface area (TPSA) is 40.5 Å². The second-order valence-corrected chi connectivity index (χ2v) is 4.38.